The number of nitrogens with zero attached hydrogens (tertiary/aromatic N) is 2. The van der Waals surface area contributed by atoms with Gasteiger partial charge in [0.2, 0.25) is 9.84 Å². The van der Waals surface area contributed by atoms with Gasteiger partial charge in [-0.25, -0.2) is 8.42 Å². The molecule has 8 heteroatoms. The van der Waals surface area contributed by atoms with Gasteiger partial charge in [0.25, 0.3) is 5.69 Å². The third-order valence-electron chi connectivity index (χ3n) is 3.79. The number of fused-ring (bicyclic) bond motifs is 1. The second kappa shape index (κ2) is 5.64. The molecule has 3 aromatic rings. The number of hydrogen-bond acceptors (Lipinski definition) is 5. The van der Waals surface area contributed by atoms with Crippen LogP contribution in [0.5, 0.6) is 5.75 Å². The van der Waals surface area contributed by atoms with Crippen LogP contribution in [0.4, 0.5) is 5.69 Å². The summed E-state index contributed by atoms with van der Waals surface area (Å²) >= 11 is 0. The van der Waals surface area contributed by atoms with Crippen molar-refractivity contribution in [2.24, 2.45) is 0 Å². The summed E-state index contributed by atoms with van der Waals surface area (Å²) in [4.78, 5) is 10.2. The van der Waals surface area contributed by atoms with Gasteiger partial charge in [-0.1, -0.05) is 6.07 Å². The molecule has 0 radical (unpaired) electrons. The fourth-order valence-electron chi connectivity index (χ4n) is 2.72. The van der Waals surface area contributed by atoms with E-state index in [1.165, 1.54) is 31.4 Å². The molecule has 0 unspecified atom stereocenters. The van der Waals surface area contributed by atoms with Crippen LogP contribution in [0.3, 0.4) is 0 Å². The second-order valence-electron chi connectivity index (χ2n) is 5.17. The molecule has 7 nitrogen and oxygen atoms in total. The van der Waals surface area contributed by atoms with Crippen LogP contribution in [-0.2, 0) is 9.84 Å². The van der Waals surface area contributed by atoms with Crippen LogP contribution in [0.25, 0.3) is 5.52 Å². The Balaban J connectivity index is 2.26. The molecule has 1 aromatic carbocycles. The Bertz CT molecular complexity index is 1040. The van der Waals surface area contributed by atoms with E-state index < -0.39 is 14.8 Å². The Morgan fingerprint density at radius 3 is 2.38 bits per heavy atom. The molecule has 0 aliphatic heterocycles. The number of pyridine rings is 1. The minimum atomic E-state index is -3.87. The van der Waals surface area contributed by atoms with Gasteiger partial charge >= 0.3 is 0 Å². The standard InChI is InChI=1S/C16H14N2O5S/c1-11-15(23-2)14-5-3-4-10-17(14)16(11)24(21,22)13-8-6-12(7-9-13)18(19)20/h3-10H,1-2H3. The highest BCUT2D eigenvalue weighted by Crippen LogP contribution is 2.35. The highest BCUT2D eigenvalue weighted by Gasteiger charge is 2.28. The summed E-state index contributed by atoms with van der Waals surface area (Å²) in [5.41, 5.74) is 0.961. The molecule has 124 valence electrons. The van der Waals surface area contributed by atoms with Gasteiger partial charge in [0, 0.05) is 23.9 Å². The number of rotatable bonds is 4. The third-order valence-corrected chi connectivity index (χ3v) is 5.69. The highest BCUT2D eigenvalue weighted by molar-refractivity contribution is 7.91. The van der Waals surface area contributed by atoms with Crippen molar-refractivity contribution in [3.05, 3.63) is 64.3 Å². The number of hydrogen-bond donors (Lipinski definition) is 0. The molecular formula is C16H14N2O5S. The Kier molecular flexibility index (Phi) is 3.76. The SMILES string of the molecule is COc1c(C)c(S(=O)(=O)c2ccc([N+](=O)[O-])cc2)n2ccccc12. The van der Waals surface area contributed by atoms with Crippen molar-refractivity contribution in [1.29, 1.82) is 0 Å². The van der Waals surface area contributed by atoms with Crippen LogP contribution in [0, 0.1) is 17.0 Å². The van der Waals surface area contributed by atoms with Crippen molar-refractivity contribution in [2.75, 3.05) is 7.11 Å². The quantitative estimate of drug-likeness (QED) is 0.535. The van der Waals surface area contributed by atoms with Crippen molar-refractivity contribution >= 4 is 21.0 Å². The topological polar surface area (TPSA) is 90.9 Å². The molecule has 0 bridgehead atoms. The number of nitro groups is 1. The predicted molar refractivity (Wildman–Crippen MR) is 87.2 cm³/mol. The fourth-order valence-corrected chi connectivity index (χ4v) is 4.35. The normalized spacial score (nSPS) is 11.6. The smallest absolute Gasteiger partial charge is 0.269 e. The Hall–Kier alpha value is -2.87. The van der Waals surface area contributed by atoms with E-state index in [1.54, 1.807) is 35.7 Å². The van der Waals surface area contributed by atoms with E-state index in [2.05, 4.69) is 0 Å². The predicted octanol–water partition coefficient (Wildman–Crippen LogP) is 3.00. The summed E-state index contributed by atoms with van der Waals surface area (Å²) in [7, 11) is -2.38. The van der Waals surface area contributed by atoms with Crippen molar-refractivity contribution in [3.8, 4) is 5.75 Å². The zero-order valence-electron chi connectivity index (χ0n) is 13.0. The number of ether oxygens (including phenoxy) is 1. The summed E-state index contributed by atoms with van der Waals surface area (Å²) in [5.74, 6) is 0.482. The van der Waals surface area contributed by atoms with Crippen LogP contribution in [0.15, 0.2) is 58.6 Å². The monoisotopic (exact) mass is 346 g/mol. The molecular weight excluding hydrogens is 332 g/mol. The van der Waals surface area contributed by atoms with Crippen LogP contribution >= 0.6 is 0 Å². The molecule has 24 heavy (non-hydrogen) atoms. The first-order chi connectivity index (χ1) is 11.4. The Morgan fingerprint density at radius 2 is 1.79 bits per heavy atom. The highest BCUT2D eigenvalue weighted by atomic mass is 32.2. The van der Waals surface area contributed by atoms with Gasteiger partial charge in [-0.3, -0.25) is 10.1 Å². The third kappa shape index (κ3) is 2.31. The van der Waals surface area contributed by atoms with Gasteiger partial charge in [0.05, 0.1) is 22.4 Å². The van der Waals surface area contributed by atoms with Gasteiger partial charge in [0.1, 0.15) is 5.75 Å². The number of methoxy groups -OCH3 is 1. The van der Waals surface area contributed by atoms with Gasteiger partial charge < -0.3 is 9.14 Å². The first kappa shape index (κ1) is 16.0. The molecule has 0 amide bonds. The Morgan fingerprint density at radius 1 is 1.12 bits per heavy atom. The zero-order valence-corrected chi connectivity index (χ0v) is 13.8. The van der Waals surface area contributed by atoms with Crippen LogP contribution in [0.1, 0.15) is 5.56 Å². The second-order valence-corrected chi connectivity index (χ2v) is 7.04. The number of benzene rings is 1. The maximum absolute atomic E-state index is 13.0. The van der Waals surface area contributed by atoms with E-state index in [9.17, 15) is 18.5 Å². The Labute approximate surface area is 138 Å². The summed E-state index contributed by atoms with van der Waals surface area (Å²) < 4.78 is 33.0. The average Bonchev–Trinajstić information content (AvgIpc) is 2.86. The minimum absolute atomic E-state index is 0.0119. The minimum Gasteiger partial charge on any atom is -0.494 e. The summed E-state index contributed by atoms with van der Waals surface area (Å²) in [6.45, 7) is 1.67. The van der Waals surface area contributed by atoms with E-state index in [-0.39, 0.29) is 15.6 Å². The van der Waals surface area contributed by atoms with E-state index in [0.717, 1.165) is 0 Å². The van der Waals surface area contributed by atoms with Gasteiger partial charge in [-0.15, -0.1) is 0 Å². The first-order valence-electron chi connectivity index (χ1n) is 7.01. The summed E-state index contributed by atoms with van der Waals surface area (Å²) in [6, 6.07) is 10.1. The molecule has 0 fully saturated rings. The molecule has 3 rings (SSSR count). The molecule has 0 atom stereocenters. The lowest BCUT2D eigenvalue weighted by molar-refractivity contribution is -0.384. The lowest BCUT2D eigenvalue weighted by Crippen LogP contribution is -2.07. The number of nitro benzene ring substituents is 1. The molecule has 0 saturated heterocycles. The summed E-state index contributed by atoms with van der Waals surface area (Å²) in [5, 5.41) is 10.8. The molecule has 2 aromatic heterocycles. The molecule has 2 heterocycles. The fraction of sp³-hybridized carbons (Fsp3) is 0.125. The van der Waals surface area contributed by atoms with E-state index in [4.69, 9.17) is 4.74 Å². The van der Waals surface area contributed by atoms with Crippen molar-refractivity contribution in [3.63, 3.8) is 0 Å². The molecule has 0 spiro atoms. The maximum Gasteiger partial charge on any atom is 0.269 e. The molecule has 0 saturated carbocycles. The number of aromatic nitrogens is 1. The average molecular weight is 346 g/mol. The molecule has 0 aliphatic carbocycles. The van der Waals surface area contributed by atoms with Crippen LogP contribution < -0.4 is 4.74 Å². The van der Waals surface area contributed by atoms with Gasteiger partial charge in [0.15, 0.2) is 5.03 Å². The number of non-ortho nitro benzene ring substituents is 1. The molecule has 0 aliphatic rings. The van der Waals surface area contributed by atoms with Crippen LogP contribution in [-0.4, -0.2) is 24.9 Å². The van der Waals surface area contributed by atoms with Gasteiger partial charge in [-0.05, 0) is 31.2 Å². The zero-order chi connectivity index (χ0) is 17.5. The maximum atomic E-state index is 13.0. The lowest BCUT2D eigenvalue weighted by Gasteiger charge is -2.06. The van der Waals surface area contributed by atoms with Crippen LogP contribution in [0.2, 0.25) is 0 Å². The molecule has 0 N–H and O–H groups in total. The van der Waals surface area contributed by atoms with E-state index in [1.807, 2.05) is 0 Å². The number of sulfone groups is 1. The van der Waals surface area contributed by atoms with E-state index >= 15 is 0 Å². The lowest BCUT2D eigenvalue weighted by atomic mass is 10.3. The van der Waals surface area contributed by atoms with E-state index in [0.29, 0.717) is 16.8 Å². The van der Waals surface area contributed by atoms with Crippen molar-refractivity contribution in [1.82, 2.24) is 4.40 Å². The van der Waals surface area contributed by atoms with Crippen molar-refractivity contribution in [2.45, 2.75) is 16.8 Å². The van der Waals surface area contributed by atoms with Gasteiger partial charge in [-0.2, -0.15) is 0 Å². The van der Waals surface area contributed by atoms with Crippen molar-refractivity contribution < 1.29 is 18.1 Å². The first-order valence-corrected chi connectivity index (χ1v) is 8.49. The summed E-state index contributed by atoms with van der Waals surface area (Å²) in [6.07, 6.45) is 1.64. The largest absolute Gasteiger partial charge is 0.494 e.